The topological polar surface area (TPSA) is 49.4 Å². The van der Waals surface area contributed by atoms with Gasteiger partial charge in [0.15, 0.2) is 0 Å². The van der Waals surface area contributed by atoms with Crippen molar-refractivity contribution in [2.24, 2.45) is 0 Å². The van der Waals surface area contributed by atoms with Crippen molar-refractivity contribution in [1.82, 2.24) is 10.2 Å². The molecule has 0 fully saturated rings. The molecule has 4 nitrogen and oxygen atoms in total. The van der Waals surface area contributed by atoms with Crippen LogP contribution in [0.3, 0.4) is 0 Å². The van der Waals surface area contributed by atoms with E-state index in [1.165, 1.54) is 17.7 Å². The third-order valence-corrected chi connectivity index (χ3v) is 4.53. The second-order valence-corrected chi connectivity index (χ2v) is 6.70. The molecule has 0 aromatic heterocycles. The zero-order valence-corrected chi connectivity index (χ0v) is 16.2. The Morgan fingerprint density at radius 2 is 1.63 bits per heavy atom. The van der Waals surface area contributed by atoms with Crippen LogP contribution in [0.15, 0.2) is 48.5 Å². The molecule has 1 N–H and O–H groups in total. The van der Waals surface area contributed by atoms with Gasteiger partial charge in [-0.05, 0) is 50.5 Å². The van der Waals surface area contributed by atoms with E-state index in [1.54, 1.807) is 24.0 Å². The minimum absolute atomic E-state index is 0.0985. The van der Waals surface area contributed by atoms with Crippen LogP contribution >= 0.6 is 0 Å². The van der Waals surface area contributed by atoms with Crippen molar-refractivity contribution in [1.29, 1.82) is 0 Å². The predicted molar refractivity (Wildman–Crippen MR) is 105 cm³/mol. The number of carbonyl (C=O) groups is 2. The molecule has 0 aliphatic rings. The SMILES string of the molecule is CCNC(=O)[C@H](C)N(Cc1ccc(F)cc1)C(=O)CCc1ccc(C)cc1. The quantitative estimate of drug-likeness (QED) is 0.772. The van der Waals surface area contributed by atoms with Gasteiger partial charge >= 0.3 is 0 Å². The average molecular weight is 370 g/mol. The molecule has 144 valence electrons. The van der Waals surface area contributed by atoms with Gasteiger partial charge in [0, 0.05) is 19.5 Å². The molecular formula is C22H27FN2O2. The van der Waals surface area contributed by atoms with Gasteiger partial charge in [0.2, 0.25) is 11.8 Å². The summed E-state index contributed by atoms with van der Waals surface area (Å²) in [6.07, 6.45) is 0.926. The molecule has 1 atom stereocenters. The maximum Gasteiger partial charge on any atom is 0.242 e. The number of carbonyl (C=O) groups excluding carboxylic acids is 2. The highest BCUT2D eigenvalue weighted by Gasteiger charge is 2.25. The lowest BCUT2D eigenvalue weighted by atomic mass is 10.1. The summed E-state index contributed by atoms with van der Waals surface area (Å²) in [6.45, 7) is 6.36. The smallest absolute Gasteiger partial charge is 0.242 e. The highest BCUT2D eigenvalue weighted by Crippen LogP contribution is 2.14. The van der Waals surface area contributed by atoms with Gasteiger partial charge in [-0.1, -0.05) is 42.0 Å². The summed E-state index contributed by atoms with van der Waals surface area (Å²) in [4.78, 5) is 26.7. The van der Waals surface area contributed by atoms with Gasteiger partial charge in [-0.25, -0.2) is 4.39 Å². The first kappa shape index (κ1) is 20.6. The second kappa shape index (κ2) is 9.86. The Bertz CT molecular complexity index is 757. The Balaban J connectivity index is 2.11. The van der Waals surface area contributed by atoms with Crippen LogP contribution in [-0.2, 0) is 22.6 Å². The second-order valence-electron chi connectivity index (χ2n) is 6.70. The molecule has 0 saturated heterocycles. The number of nitrogens with one attached hydrogen (secondary N) is 1. The van der Waals surface area contributed by atoms with E-state index in [0.717, 1.165) is 11.1 Å². The summed E-state index contributed by atoms with van der Waals surface area (Å²) in [5, 5.41) is 2.76. The van der Waals surface area contributed by atoms with E-state index in [-0.39, 0.29) is 24.2 Å². The van der Waals surface area contributed by atoms with Crippen LogP contribution in [0.2, 0.25) is 0 Å². The average Bonchev–Trinajstić information content (AvgIpc) is 2.66. The largest absolute Gasteiger partial charge is 0.355 e. The summed E-state index contributed by atoms with van der Waals surface area (Å²) < 4.78 is 13.2. The molecule has 0 aliphatic heterocycles. The van der Waals surface area contributed by atoms with Crippen LogP contribution in [0.25, 0.3) is 0 Å². The molecule has 5 heteroatoms. The summed E-state index contributed by atoms with van der Waals surface area (Å²) in [5.41, 5.74) is 3.05. The lowest BCUT2D eigenvalue weighted by Gasteiger charge is -2.28. The first-order valence-electron chi connectivity index (χ1n) is 9.28. The van der Waals surface area contributed by atoms with Crippen LogP contribution < -0.4 is 5.32 Å². The van der Waals surface area contributed by atoms with E-state index in [2.05, 4.69) is 5.32 Å². The summed E-state index contributed by atoms with van der Waals surface area (Å²) in [7, 11) is 0. The number of amides is 2. The van der Waals surface area contributed by atoms with Gasteiger partial charge < -0.3 is 10.2 Å². The van der Waals surface area contributed by atoms with Crippen LogP contribution in [-0.4, -0.2) is 29.3 Å². The summed E-state index contributed by atoms with van der Waals surface area (Å²) in [5.74, 6) is -0.616. The number of nitrogens with zero attached hydrogens (tertiary/aromatic N) is 1. The lowest BCUT2D eigenvalue weighted by Crippen LogP contribution is -2.47. The van der Waals surface area contributed by atoms with Crippen molar-refractivity contribution in [2.45, 2.75) is 46.2 Å². The van der Waals surface area contributed by atoms with Crippen LogP contribution in [0, 0.1) is 12.7 Å². The molecule has 2 aromatic carbocycles. The molecule has 0 unspecified atom stereocenters. The van der Waals surface area contributed by atoms with Crippen LogP contribution in [0.1, 0.15) is 37.0 Å². The van der Waals surface area contributed by atoms with Gasteiger partial charge in [0.05, 0.1) is 0 Å². The van der Waals surface area contributed by atoms with Gasteiger partial charge in [-0.2, -0.15) is 0 Å². The highest BCUT2D eigenvalue weighted by atomic mass is 19.1. The molecule has 0 heterocycles. The van der Waals surface area contributed by atoms with E-state index < -0.39 is 6.04 Å². The van der Waals surface area contributed by atoms with Crippen molar-refractivity contribution < 1.29 is 14.0 Å². The Labute approximate surface area is 160 Å². The molecule has 2 aromatic rings. The van der Waals surface area contributed by atoms with E-state index in [9.17, 15) is 14.0 Å². The van der Waals surface area contributed by atoms with Crippen molar-refractivity contribution in [3.8, 4) is 0 Å². The molecule has 0 aliphatic carbocycles. The summed E-state index contributed by atoms with van der Waals surface area (Å²) in [6, 6.07) is 13.5. The first-order chi connectivity index (χ1) is 12.9. The standard InChI is InChI=1S/C22H27FN2O2/c1-4-24-22(27)17(3)25(15-19-9-12-20(23)13-10-19)21(26)14-11-18-7-5-16(2)6-8-18/h5-10,12-13,17H,4,11,14-15H2,1-3H3,(H,24,27)/t17-/m0/s1. The van der Waals surface area contributed by atoms with Gasteiger partial charge in [-0.3, -0.25) is 9.59 Å². The van der Waals surface area contributed by atoms with Gasteiger partial charge in [0.25, 0.3) is 0 Å². The number of rotatable bonds is 8. The van der Waals surface area contributed by atoms with Crippen molar-refractivity contribution in [3.05, 3.63) is 71.0 Å². The zero-order chi connectivity index (χ0) is 19.8. The Hall–Kier alpha value is -2.69. The van der Waals surface area contributed by atoms with Gasteiger partial charge in [-0.15, -0.1) is 0 Å². The van der Waals surface area contributed by atoms with E-state index in [4.69, 9.17) is 0 Å². The molecular weight excluding hydrogens is 343 g/mol. The van der Waals surface area contributed by atoms with E-state index in [0.29, 0.717) is 19.4 Å². The fourth-order valence-electron chi connectivity index (χ4n) is 2.84. The third kappa shape index (κ3) is 6.20. The zero-order valence-electron chi connectivity index (χ0n) is 16.2. The number of halogens is 1. The molecule has 2 rings (SSSR count). The fourth-order valence-corrected chi connectivity index (χ4v) is 2.84. The Morgan fingerprint density at radius 1 is 1.04 bits per heavy atom. The number of hydrogen-bond acceptors (Lipinski definition) is 2. The van der Waals surface area contributed by atoms with Crippen LogP contribution in [0.5, 0.6) is 0 Å². The van der Waals surface area contributed by atoms with Crippen LogP contribution in [0.4, 0.5) is 4.39 Å². The molecule has 27 heavy (non-hydrogen) atoms. The van der Waals surface area contributed by atoms with Gasteiger partial charge in [0.1, 0.15) is 11.9 Å². The number of benzene rings is 2. The first-order valence-corrected chi connectivity index (χ1v) is 9.28. The molecule has 0 saturated carbocycles. The highest BCUT2D eigenvalue weighted by molar-refractivity contribution is 5.87. The minimum atomic E-state index is -0.597. The number of hydrogen-bond donors (Lipinski definition) is 1. The fraction of sp³-hybridized carbons (Fsp3) is 0.364. The van der Waals surface area contributed by atoms with Crippen molar-refractivity contribution >= 4 is 11.8 Å². The molecule has 0 radical (unpaired) electrons. The third-order valence-electron chi connectivity index (χ3n) is 4.53. The normalized spacial score (nSPS) is 11.7. The number of aryl methyl sites for hydroxylation is 2. The van der Waals surface area contributed by atoms with E-state index in [1.807, 2.05) is 38.1 Å². The monoisotopic (exact) mass is 370 g/mol. The predicted octanol–water partition coefficient (Wildman–Crippen LogP) is 3.62. The molecule has 0 bridgehead atoms. The van der Waals surface area contributed by atoms with Crippen molar-refractivity contribution in [3.63, 3.8) is 0 Å². The maximum absolute atomic E-state index is 13.2. The molecule has 0 spiro atoms. The lowest BCUT2D eigenvalue weighted by molar-refractivity contribution is -0.140. The Kier molecular flexibility index (Phi) is 7.53. The molecule has 2 amide bonds. The number of likely N-dealkylation sites (N-methyl/N-ethyl adjacent to an activating group) is 1. The van der Waals surface area contributed by atoms with Crippen molar-refractivity contribution in [2.75, 3.05) is 6.54 Å². The summed E-state index contributed by atoms with van der Waals surface area (Å²) >= 11 is 0. The Morgan fingerprint density at radius 3 is 2.22 bits per heavy atom. The maximum atomic E-state index is 13.2. The minimum Gasteiger partial charge on any atom is -0.355 e. The van der Waals surface area contributed by atoms with E-state index >= 15 is 0 Å².